The number of carbonyl (C=O) groups excluding carboxylic acids is 2. The Morgan fingerprint density at radius 3 is 2.74 bits per heavy atom. The third-order valence-electron chi connectivity index (χ3n) is 5.57. The van der Waals surface area contributed by atoms with E-state index in [9.17, 15) is 9.59 Å². The van der Waals surface area contributed by atoms with Crippen LogP contribution in [0.15, 0.2) is 34.7 Å². The molecule has 0 saturated carbocycles. The van der Waals surface area contributed by atoms with Crippen molar-refractivity contribution in [3.63, 3.8) is 0 Å². The molecule has 1 unspecified atom stereocenters. The summed E-state index contributed by atoms with van der Waals surface area (Å²) in [5.41, 5.74) is 0.637. The van der Waals surface area contributed by atoms with Crippen molar-refractivity contribution < 1.29 is 23.5 Å². The maximum atomic E-state index is 13.5. The zero-order chi connectivity index (χ0) is 22.0. The Hall–Kier alpha value is -1.78. The minimum Gasteiger partial charge on any atom is -0.453 e. The van der Waals surface area contributed by atoms with Crippen molar-refractivity contribution in [1.82, 2.24) is 10.2 Å². The van der Waals surface area contributed by atoms with Crippen LogP contribution in [0.25, 0.3) is 11.0 Å². The summed E-state index contributed by atoms with van der Waals surface area (Å²) >= 11 is 7.13. The van der Waals surface area contributed by atoms with Gasteiger partial charge in [-0.3, -0.25) is 9.59 Å². The number of hydrogen-bond donors (Lipinski definition) is 1. The highest BCUT2D eigenvalue weighted by Crippen LogP contribution is 2.30. The number of rotatable bonds is 8. The Kier molecular flexibility index (Phi) is 7.08. The monoisotopic (exact) mass is 462 g/mol. The number of nitrogens with one attached hydrogen (secondary N) is 1. The van der Waals surface area contributed by atoms with Crippen LogP contribution in [-0.2, 0) is 14.3 Å². The first-order valence-electron chi connectivity index (χ1n) is 10.5. The number of thiocarbonyl (C=S) groups is 1. The minimum atomic E-state index is -0.744. The SMILES string of the molecule is CCOC(OCC)[C@@H]1CSCN1C(=O)[C@H]1NCC(=S)C1C(=O)c1cc2ccccc2o1. The number of Topliss-reactive ketones (excluding diaryl/α,β-unsaturated/α-hetero) is 1. The van der Waals surface area contributed by atoms with Crippen LogP contribution in [0, 0.1) is 5.92 Å². The summed E-state index contributed by atoms with van der Waals surface area (Å²) in [5, 5.41) is 4.00. The van der Waals surface area contributed by atoms with Crippen molar-refractivity contribution in [3.8, 4) is 0 Å². The molecule has 3 atom stereocenters. The first-order valence-corrected chi connectivity index (χ1v) is 12.0. The molecule has 1 aromatic carbocycles. The second kappa shape index (κ2) is 9.79. The molecular formula is C22H26N2O5S2. The topological polar surface area (TPSA) is 81.0 Å². The van der Waals surface area contributed by atoms with Crippen LogP contribution in [0.1, 0.15) is 24.4 Å². The van der Waals surface area contributed by atoms with Crippen LogP contribution in [-0.4, -0.2) is 71.2 Å². The average molecular weight is 463 g/mol. The van der Waals surface area contributed by atoms with Gasteiger partial charge < -0.3 is 24.1 Å². The molecule has 2 aliphatic rings. The predicted molar refractivity (Wildman–Crippen MR) is 123 cm³/mol. The molecule has 2 saturated heterocycles. The van der Waals surface area contributed by atoms with Crippen molar-refractivity contribution in [2.45, 2.75) is 32.2 Å². The van der Waals surface area contributed by atoms with E-state index in [1.54, 1.807) is 22.7 Å². The molecule has 2 aromatic rings. The van der Waals surface area contributed by atoms with Gasteiger partial charge >= 0.3 is 0 Å². The predicted octanol–water partition coefficient (Wildman–Crippen LogP) is 2.87. The lowest BCUT2D eigenvalue weighted by Gasteiger charge is -2.32. The van der Waals surface area contributed by atoms with E-state index in [2.05, 4.69) is 5.32 Å². The highest BCUT2D eigenvalue weighted by Gasteiger charge is 2.47. The quantitative estimate of drug-likeness (QED) is 0.364. The van der Waals surface area contributed by atoms with Crippen LogP contribution < -0.4 is 5.32 Å². The highest BCUT2D eigenvalue weighted by molar-refractivity contribution is 7.99. The van der Waals surface area contributed by atoms with Gasteiger partial charge in [0.2, 0.25) is 11.7 Å². The minimum absolute atomic E-state index is 0.159. The molecule has 0 bridgehead atoms. The summed E-state index contributed by atoms with van der Waals surface area (Å²) in [6.45, 7) is 5.13. The molecule has 2 aliphatic heterocycles. The smallest absolute Gasteiger partial charge is 0.241 e. The summed E-state index contributed by atoms with van der Waals surface area (Å²) in [4.78, 5) is 29.1. The molecule has 1 aromatic heterocycles. The number of ketones is 1. The van der Waals surface area contributed by atoms with E-state index in [-0.39, 0.29) is 23.5 Å². The first-order chi connectivity index (χ1) is 15.0. The van der Waals surface area contributed by atoms with Gasteiger partial charge in [0.15, 0.2) is 12.1 Å². The Balaban J connectivity index is 1.56. The van der Waals surface area contributed by atoms with Crippen molar-refractivity contribution in [3.05, 3.63) is 36.1 Å². The molecule has 2 fully saturated rings. The summed E-state index contributed by atoms with van der Waals surface area (Å²) in [7, 11) is 0. The molecule has 0 aliphatic carbocycles. The molecule has 7 nitrogen and oxygen atoms in total. The molecule has 0 radical (unpaired) electrons. The maximum Gasteiger partial charge on any atom is 0.241 e. The van der Waals surface area contributed by atoms with E-state index < -0.39 is 18.2 Å². The molecule has 9 heteroatoms. The fraction of sp³-hybridized carbons (Fsp3) is 0.500. The van der Waals surface area contributed by atoms with Gasteiger partial charge in [-0.15, -0.1) is 11.8 Å². The third-order valence-corrected chi connectivity index (χ3v) is 7.01. The van der Waals surface area contributed by atoms with Gasteiger partial charge in [-0.25, -0.2) is 0 Å². The number of furan rings is 1. The van der Waals surface area contributed by atoms with Crippen molar-refractivity contribution >= 4 is 51.5 Å². The summed E-state index contributed by atoms with van der Waals surface area (Å²) in [5.74, 6) is 0.301. The van der Waals surface area contributed by atoms with Crippen LogP contribution in [0.3, 0.4) is 0 Å². The Morgan fingerprint density at radius 2 is 2.03 bits per heavy atom. The second-order valence-electron chi connectivity index (χ2n) is 7.47. The van der Waals surface area contributed by atoms with Gasteiger partial charge in [0.25, 0.3) is 0 Å². The molecular weight excluding hydrogens is 436 g/mol. The highest BCUT2D eigenvalue weighted by atomic mass is 32.2. The molecule has 1 N–H and O–H groups in total. The number of hydrogen-bond acceptors (Lipinski definition) is 8. The first kappa shape index (κ1) is 22.4. The Labute approximate surface area is 190 Å². The zero-order valence-electron chi connectivity index (χ0n) is 17.5. The van der Waals surface area contributed by atoms with E-state index >= 15 is 0 Å². The maximum absolute atomic E-state index is 13.5. The Bertz CT molecular complexity index is 939. The van der Waals surface area contributed by atoms with E-state index in [1.165, 1.54) is 0 Å². The lowest BCUT2D eigenvalue weighted by atomic mass is 9.92. The number of fused-ring (bicyclic) bond motifs is 1. The van der Waals surface area contributed by atoms with E-state index in [0.29, 0.717) is 36.1 Å². The summed E-state index contributed by atoms with van der Waals surface area (Å²) < 4.78 is 17.3. The molecule has 3 heterocycles. The van der Waals surface area contributed by atoms with Gasteiger partial charge in [-0.05, 0) is 26.0 Å². The number of para-hydroxylation sites is 1. The van der Waals surface area contributed by atoms with Crippen molar-refractivity contribution in [2.75, 3.05) is 31.4 Å². The fourth-order valence-corrected chi connectivity index (χ4v) is 5.62. The molecule has 0 spiro atoms. The summed E-state index contributed by atoms with van der Waals surface area (Å²) in [6.07, 6.45) is -0.494. The number of nitrogens with zero attached hydrogens (tertiary/aromatic N) is 1. The van der Waals surface area contributed by atoms with Crippen molar-refractivity contribution in [2.24, 2.45) is 5.92 Å². The number of thioether (sulfide) groups is 1. The summed E-state index contributed by atoms with van der Waals surface area (Å²) in [6, 6.07) is 8.22. The van der Waals surface area contributed by atoms with Crippen LogP contribution in [0.4, 0.5) is 0 Å². The van der Waals surface area contributed by atoms with Gasteiger partial charge in [0.05, 0.1) is 17.8 Å². The molecule has 1 amide bonds. The molecule has 4 rings (SSSR count). The lowest BCUT2D eigenvalue weighted by Crippen LogP contribution is -2.54. The van der Waals surface area contributed by atoms with Gasteiger partial charge in [-0.1, -0.05) is 30.4 Å². The number of ether oxygens (including phenoxy) is 2. The number of benzene rings is 1. The second-order valence-corrected chi connectivity index (χ2v) is 8.99. The number of carbonyl (C=O) groups is 2. The van der Waals surface area contributed by atoms with Crippen LogP contribution >= 0.6 is 24.0 Å². The Morgan fingerprint density at radius 1 is 1.29 bits per heavy atom. The van der Waals surface area contributed by atoms with E-state index in [4.69, 9.17) is 26.1 Å². The van der Waals surface area contributed by atoms with E-state index in [1.807, 2.05) is 38.1 Å². The van der Waals surface area contributed by atoms with Gasteiger partial charge in [-0.2, -0.15) is 0 Å². The number of amides is 1. The van der Waals surface area contributed by atoms with Gasteiger partial charge in [0.1, 0.15) is 11.6 Å². The van der Waals surface area contributed by atoms with Gasteiger partial charge in [0, 0.05) is 35.8 Å². The standard InChI is InChI=1S/C22H26N2O5S2/c1-3-27-22(28-4-2)14-11-31-12-24(14)21(26)19-18(17(30)10-23-19)20(25)16-9-13-7-5-6-8-15(13)29-16/h5-9,14,18-19,22-23H,3-4,10-12H2,1-2H3/t14-,18?,19-/m0/s1. The van der Waals surface area contributed by atoms with Crippen molar-refractivity contribution in [1.29, 1.82) is 0 Å². The lowest BCUT2D eigenvalue weighted by molar-refractivity contribution is -0.174. The van der Waals surface area contributed by atoms with E-state index in [0.717, 1.165) is 11.1 Å². The fourth-order valence-electron chi connectivity index (χ4n) is 4.10. The average Bonchev–Trinajstić information content (AvgIpc) is 3.50. The van der Waals surface area contributed by atoms with Crippen LogP contribution in [0.2, 0.25) is 0 Å². The third kappa shape index (κ3) is 4.42. The molecule has 166 valence electrons. The normalized spacial score (nSPS) is 23.9. The largest absolute Gasteiger partial charge is 0.453 e. The zero-order valence-corrected chi connectivity index (χ0v) is 19.2. The molecule has 31 heavy (non-hydrogen) atoms. The van der Waals surface area contributed by atoms with Crippen LogP contribution in [0.5, 0.6) is 0 Å².